The normalized spacial score (nSPS) is 33.1. The summed E-state index contributed by atoms with van der Waals surface area (Å²) in [7, 11) is 0. The van der Waals surface area contributed by atoms with Gasteiger partial charge in [-0.1, -0.05) is 60.7 Å². The van der Waals surface area contributed by atoms with Crippen LogP contribution in [0.3, 0.4) is 0 Å². The molecule has 25 heavy (non-hydrogen) atoms. The molecule has 2 heteroatoms. The molecule has 0 spiro atoms. The highest BCUT2D eigenvalue weighted by atomic mass is 16.5. The van der Waals surface area contributed by atoms with Gasteiger partial charge in [-0.25, -0.2) is 0 Å². The molecule has 0 N–H and O–H groups in total. The van der Waals surface area contributed by atoms with Gasteiger partial charge < -0.3 is 4.74 Å². The third-order valence-corrected chi connectivity index (χ3v) is 6.47. The third-order valence-electron chi connectivity index (χ3n) is 6.47. The minimum atomic E-state index is -0.0412. The molecule has 2 aromatic rings. The average Bonchev–Trinajstić information content (AvgIpc) is 2.62. The summed E-state index contributed by atoms with van der Waals surface area (Å²) in [5.74, 6) is 1.75. The first-order valence-corrected chi connectivity index (χ1v) is 9.80. The number of benzene rings is 2. The van der Waals surface area contributed by atoms with Crippen molar-refractivity contribution >= 4 is 0 Å². The van der Waals surface area contributed by atoms with E-state index in [1.807, 2.05) is 0 Å². The standard InChI is InChI=1S/C23H27NO/c1-3-7-18(8-4-1)16-24(17-19-9-5-2-6-10-19)23-14-20-11-21(15-23)13-22(12-20)25-23/h1-10,20-22H,11-17H2. The molecule has 4 bridgehead atoms. The Morgan fingerprint density at radius 2 is 1.28 bits per heavy atom. The molecule has 0 radical (unpaired) electrons. The fraction of sp³-hybridized carbons (Fsp3) is 0.478. The van der Waals surface area contributed by atoms with Crippen molar-refractivity contribution in [3.63, 3.8) is 0 Å². The summed E-state index contributed by atoms with van der Waals surface area (Å²) in [6.45, 7) is 1.95. The monoisotopic (exact) mass is 333 g/mol. The number of hydrogen-bond donors (Lipinski definition) is 0. The number of ether oxygens (including phenoxy) is 1. The van der Waals surface area contributed by atoms with Gasteiger partial charge in [0.15, 0.2) is 0 Å². The molecule has 2 aliphatic heterocycles. The van der Waals surface area contributed by atoms with Crippen LogP contribution in [-0.2, 0) is 17.8 Å². The quantitative estimate of drug-likeness (QED) is 0.764. The number of nitrogens with zero attached hydrogens (tertiary/aromatic N) is 1. The maximum Gasteiger partial charge on any atom is 0.123 e. The Labute approximate surface area is 150 Å². The van der Waals surface area contributed by atoms with Crippen LogP contribution in [-0.4, -0.2) is 16.7 Å². The Morgan fingerprint density at radius 3 is 1.76 bits per heavy atom. The predicted octanol–water partition coefficient (Wildman–Crippen LogP) is 4.99. The fourth-order valence-electron chi connectivity index (χ4n) is 5.61. The fourth-order valence-corrected chi connectivity index (χ4v) is 5.61. The Hall–Kier alpha value is -1.64. The molecule has 6 rings (SSSR count). The number of hydrogen-bond acceptors (Lipinski definition) is 2. The van der Waals surface area contributed by atoms with Crippen LogP contribution >= 0.6 is 0 Å². The van der Waals surface area contributed by atoms with Crippen LogP contribution in [0.5, 0.6) is 0 Å². The maximum absolute atomic E-state index is 6.74. The molecule has 2 aromatic carbocycles. The lowest BCUT2D eigenvalue weighted by Crippen LogP contribution is -2.62. The minimum absolute atomic E-state index is 0.0412. The molecule has 4 aliphatic rings. The smallest absolute Gasteiger partial charge is 0.123 e. The van der Waals surface area contributed by atoms with E-state index in [9.17, 15) is 0 Å². The van der Waals surface area contributed by atoms with Crippen LogP contribution in [0.15, 0.2) is 60.7 Å². The van der Waals surface area contributed by atoms with Crippen molar-refractivity contribution in [1.29, 1.82) is 0 Å². The van der Waals surface area contributed by atoms with Crippen LogP contribution in [0.2, 0.25) is 0 Å². The van der Waals surface area contributed by atoms with E-state index >= 15 is 0 Å². The van der Waals surface area contributed by atoms with Crippen LogP contribution in [0.25, 0.3) is 0 Å². The lowest BCUT2D eigenvalue weighted by Gasteiger charge is -2.60. The van der Waals surface area contributed by atoms with E-state index in [2.05, 4.69) is 65.6 Å². The first-order chi connectivity index (χ1) is 12.3. The highest BCUT2D eigenvalue weighted by molar-refractivity contribution is 5.18. The summed E-state index contributed by atoms with van der Waals surface area (Å²) in [4.78, 5) is 2.64. The van der Waals surface area contributed by atoms with Crippen LogP contribution in [0, 0.1) is 11.8 Å². The van der Waals surface area contributed by atoms with Crippen molar-refractivity contribution in [2.24, 2.45) is 11.8 Å². The molecule has 2 heterocycles. The van der Waals surface area contributed by atoms with E-state index in [1.54, 1.807) is 0 Å². The summed E-state index contributed by atoms with van der Waals surface area (Å²) in [6.07, 6.45) is 6.97. The minimum Gasteiger partial charge on any atom is -0.357 e. The Bertz CT molecular complexity index is 635. The van der Waals surface area contributed by atoms with E-state index in [0.717, 1.165) is 24.9 Å². The molecule has 130 valence electrons. The summed E-state index contributed by atoms with van der Waals surface area (Å²) >= 11 is 0. The van der Waals surface area contributed by atoms with Gasteiger partial charge in [0.05, 0.1) is 6.10 Å². The lowest BCUT2D eigenvalue weighted by molar-refractivity contribution is -0.288. The van der Waals surface area contributed by atoms with Gasteiger partial charge in [0.1, 0.15) is 5.72 Å². The van der Waals surface area contributed by atoms with Gasteiger partial charge in [0.2, 0.25) is 0 Å². The Kier molecular flexibility index (Phi) is 3.91. The van der Waals surface area contributed by atoms with Gasteiger partial charge >= 0.3 is 0 Å². The van der Waals surface area contributed by atoms with Crippen molar-refractivity contribution in [1.82, 2.24) is 4.90 Å². The van der Waals surface area contributed by atoms with Crippen LogP contribution < -0.4 is 0 Å². The molecule has 2 saturated heterocycles. The van der Waals surface area contributed by atoms with Crippen molar-refractivity contribution in [3.05, 3.63) is 71.8 Å². The number of rotatable bonds is 5. The molecule has 0 amide bonds. The zero-order valence-electron chi connectivity index (χ0n) is 14.8. The second kappa shape index (κ2) is 6.26. The third kappa shape index (κ3) is 3.02. The zero-order chi connectivity index (χ0) is 16.7. The SMILES string of the molecule is c1ccc(CN(Cc2ccccc2)C23CC4CC(CC(C4)O2)C3)cc1. The van der Waals surface area contributed by atoms with Gasteiger partial charge in [-0.2, -0.15) is 0 Å². The summed E-state index contributed by atoms with van der Waals surface area (Å²) in [5, 5.41) is 0. The van der Waals surface area contributed by atoms with Gasteiger partial charge in [-0.15, -0.1) is 0 Å². The molecule has 2 atom stereocenters. The second-order valence-corrected chi connectivity index (χ2v) is 8.36. The van der Waals surface area contributed by atoms with Gasteiger partial charge in [-0.05, 0) is 55.1 Å². The predicted molar refractivity (Wildman–Crippen MR) is 99.8 cm³/mol. The van der Waals surface area contributed by atoms with Crippen molar-refractivity contribution < 1.29 is 4.74 Å². The molecule has 0 aromatic heterocycles. The first-order valence-electron chi connectivity index (χ1n) is 9.80. The summed E-state index contributed by atoms with van der Waals surface area (Å²) in [5.41, 5.74) is 2.73. The van der Waals surface area contributed by atoms with Crippen molar-refractivity contribution in [3.8, 4) is 0 Å². The van der Waals surface area contributed by atoms with Crippen LogP contribution in [0.4, 0.5) is 0 Å². The van der Waals surface area contributed by atoms with Crippen LogP contribution in [0.1, 0.15) is 43.2 Å². The van der Waals surface area contributed by atoms with Gasteiger partial charge in [0.25, 0.3) is 0 Å². The topological polar surface area (TPSA) is 12.5 Å². The largest absolute Gasteiger partial charge is 0.357 e. The van der Waals surface area contributed by atoms with E-state index in [-0.39, 0.29) is 5.72 Å². The lowest BCUT2D eigenvalue weighted by atomic mass is 9.64. The average molecular weight is 333 g/mol. The van der Waals surface area contributed by atoms with E-state index in [1.165, 1.54) is 43.2 Å². The van der Waals surface area contributed by atoms with Gasteiger partial charge in [0, 0.05) is 13.1 Å². The molecule has 2 aliphatic carbocycles. The van der Waals surface area contributed by atoms with Crippen molar-refractivity contribution in [2.45, 2.75) is 57.0 Å². The molecular weight excluding hydrogens is 306 g/mol. The highest BCUT2D eigenvalue weighted by Gasteiger charge is 2.54. The molecule has 2 unspecified atom stereocenters. The molecular formula is C23H27NO. The first kappa shape index (κ1) is 15.6. The Morgan fingerprint density at radius 1 is 0.760 bits per heavy atom. The maximum atomic E-state index is 6.74. The molecule has 2 saturated carbocycles. The summed E-state index contributed by atoms with van der Waals surface area (Å²) < 4.78 is 6.74. The van der Waals surface area contributed by atoms with E-state index in [4.69, 9.17) is 4.74 Å². The second-order valence-electron chi connectivity index (χ2n) is 8.36. The van der Waals surface area contributed by atoms with Crippen molar-refractivity contribution in [2.75, 3.05) is 0 Å². The highest BCUT2D eigenvalue weighted by Crippen LogP contribution is 2.54. The van der Waals surface area contributed by atoms with E-state index in [0.29, 0.717) is 6.10 Å². The zero-order valence-corrected chi connectivity index (χ0v) is 14.8. The Balaban J connectivity index is 1.46. The van der Waals surface area contributed by atoms with Gasteiger partial charge in [-0.3, -0.25) is 4.90 Å². The molecule has 2 nitrogen and oxygen atoms in total. The van der Waals surface area contributed by atoms with E-state index < -0.39 is 0 Å². The summed E-state index contributed by atoms with van der Waals surface area (Å²) in [6, 6.07) is 21.8. The molecule has 4 fully saturated rings.